The Morgan fingerprint density at radius 3 is 2.62 bits per heavy atom. The van der Waals surface area contributed by atoms with Crippen LogP contribution in [0.15, 0.2) is 41.4 Å². The predicted molar refractivity (Wildman–Crippen MR) is 93.4 cm³/mol. The molecular weight excluding hydrogens is 360 g/mol. The summed E-state index contributed by atoms with van der Waals surface area (Å²) in [5.41, 5.74) is 5.64. The lowest BCUT2D eigenvalue weighted by molar-refractivity contribution is -0.127. The number of para-hydroxylation sites is 2. The first-order valence-corrected chi connectivity index (χ1v) is 9.16. The van der Waals surface area contributed by atoms with Crippen molar-refractivity contribution in [2.45, 2.75) is 11.0 Å². The van der Waals surface area contributed by atoms with E-state index in [2.05, 4.69) is 5.32 Å². The lowest BCUT2D eigenvalue weighted by atomic mass is 10.2. The number of sulfonamides is 1. The maximum Gasteiger partial charge on any atom is 0.266 e. The molecule has 0 radical (unpaired) electrons. The fraction of sp³-hybridized carbons (Fsp3) is 0.250. The number of aromatic nitrogens is 1. The highest BCUT2D eigenvalue weighted by molar-refractivity contribution is 7.92. The second-order valence-electron chi connectivity index (χ2n) is 5.76. The molecule has 0 fully saturated rings. The molecule has 1 aliphatic rings. The van der Waals surface area contributed by atoms with Crippen molar-refractivity contribution in [2.75, 3.05) is 17.9 Å². The monoisotopic (exact) mass is 378 g/mol. The van der Waals surface area contributed by atoms with Gasteiger partial charge in [-0.15, -0.1) is 0 Å². The topological polar surface area (TPSA) is 124 Å². The zero-order valence-corrected chi connectivity index (χ0v) is 15.0. The van der Waals surface area contributed by atoms with Crippen molar-refractivity contribution in [1.29, 1.82) is 0 Å². The van der Waals surface area contributed by atoms with Crippen LogP contribution in [0.5, 0.6) is 5.75 Å². The van der Waals surface area contributed by atoms with Crippen LogP contribution in [-0.2, 0) is 21.9 Å². The molecule has 0 spiro atoms. The molecule has 2 aromatic rings. The Hall–Kier alpha value is -3.01. The van der Waals surface area contributed by atoms with Crippen LogP contribution in [0.1, 0.15) is 10.5 Å². The summed E-state index contributed by atoms with van der Waals surface area (Å²) in [7, 11) is -1.07. The Morgan fingerprint density at radius 1 is 1.31 bits per heavy atom. The summed E-state index contributed by atoms with van der Waals surface area (Å²) < 4.78 is 34.4. The minimum Gasteiger partial charge on any atom is -0.476 e. The molecular formula is C16H18N4O5S. The van der Waals surface area contributed by atoms with E-state index in [0.717, 1.165) is 4.31 Å². The molecule has 9 nitrogen and oxygen atoms in total. The number of nitrogens with two attached hydrogens (primary N) is 1. The van der Waals surface area contributed by atoms with E-state index in [0.29, 0.717) is 5.69 Å². The zero-order valence-electron chi connectivity index (χ0n) is 14.2. The summed E-state index contributed by atoms with van der Waals surface area (Å²) in [5.74, 6) is -0.896. The quantitative estimate of drug-likeness (QED) is 0.764. The molecule has 0 aliphatic carbocycles. The Labute approximate surface area is 150 Å². The van der Waals surface area contributed by atoms with Gasteiger partial charge in [-0.3, -0.25) is 13.9 Å². The molecule has 0 bridgehead atoms. The van der Waals surface area contributed by atoms with E-state index in [1.807, 2.05) is 0 Å². The Balaban J connectivity index is 2.09. The first-order chi connectivity index (χ1) is 12.3. The van der Waals surface area contributed by atoms with Gasteiger partial charge in [-0.2, -0.15) is 0 Å². The van der Waals surface area contributed by atoms with E-state index in [9.17, 15) is 18.0 Å². The fourth-order valence-electron chi connectivity index (χ4n) is 2.77. The molecule has 3 N–H and O–H groups in total. The van der Waals surface area contributed by atoms with Crippen LogP contribution in [0.3, 0.4) is 0 Å². The molecule has 26 heavy (non-hydrogen) atoms. The minimum absolute atomic E-state index is 0.0629. The fourth-order valence-corrected chi connectivity index (χ4v) is 4.32. The largest absolute Gasteiger partial charge is 0.476 e. The Bertz CT molecular complexity index is 982. The van der Waals surface area contributed by atoms with E-state index >= 15 is 0 Å². The first kappa shape index (κ1) is 17.8. The molecule has 138 valence electrons. The number of nitrogens with zero attached hydrogens (tertiary/aromatic N) is 2. The van der Waals surface area contributed by atoms with Crippen LogP contribution in [-0.4, -0.2) is 44.5 Å². The van der Waals surface area contributed by atoms with Crippen LogP contribution in [0, 0.1) is 0 Å². The van der Waals surface area contributed by atoms with E-state index in [1.54, 1.807) is 24.3 Å². The van der Waals surface area contributed by atoms with E-state index in [1.165, 1.54) is 30.9 Å². The summed E-state index contributed by atoms with van der Waals surface area (Å²) in [6.45, 7) is -0.195. The number of benzene rings is 1. The lowest BCUT2D eigenvalue weighted by Gasteiger charge is -2.34. The van der Waals surface area contributed by atoms with Gasteiger partial charge in [-0.05, 0) is 18.2 Å². The van der Waals surface area contributed by atoms with Crippen molar-refractivity contribution < 1.29 is 22.7 Å². The number of carbonyl (C=O) groups is 2. The van der Waals surface area contributed by atoms with Crippen molar-refractivity contribution in [2.24, 2.45) is 12.8 Å². The van der Waals surface area contributed by atoms with Gasteiger partial charge < -0.3 is 20.4 Å². The van der Waals surface area contributed by atoms with Crippen molar-refractivity contribution in [1.82, 2.24) is 9.88 Å². The molecule has 1 atom stereocenters. The van der Waals surface area contributed by atoms with Crippen molar-refractivity contribution in [3.05, 3.63) is 42.2 Å². The van der Waals surface area contributed by atoms with Crippen LogP contribution in [0.25, 0.3) is 0 Å². The van der Waals surface area contributed by atoms with Crippen LogP contribution >= 0.6 is 0 Å². The minimum atomic E-state index is -4.04. The standard InChI is InChI=1S/C16H18N4O5S/c1-18-16(22)14-9-20(11-5-3-4-6-13(11)25-14)26(23,24)10-7-12(15(17)21)19(2)8-10/h3-8,14H,9H2,1-2H3,(H2,17,21)(H,18,22)/t14-/m1/s1. The van der Waals surface area contributed by atoms with E-state index < -0.39 is 27.9 Å². The second kappa shape index (κ2) is 6.37. The summed E-state index contributed by atoms with van der Waals surface area (Å²) in [6.07, 6.45) is 0.312. The normalized spacial score (nSPS) is 16.5. The number of ether oxygens (including phenoxy) is 1. The van der Waals surface area contributed by atoms with Gasteiger partial charge in [0.25, 0.3) is 21.8 Å². The maximum atomic E-state index is 13.2. The number of rotatable bonds is 4. The molecule has 1 aromatic carbocycles. The molecule has 0 unspecified atom stereocenters. The second-order valence-corrected chi connectivity index (χ2v) is 7.62. The first-order valence-electron chi connectivity index (χ1n) is 7.72. The lowest BCUT2D eigenvalue weighted by Crippen LogP contribution is -2.50. The van der Waals surface area contributed by atoms with Gasteiger partial charge in [0.15, 0.2) is 6.10 Å². The Morgan fingerprint density at radius 2 is 2.00 bits per heavy atom. The van der Waals surface area contributed by atoms with Crippen LogP contribution < -0.4 is 20.1 Å². The zero-order chi connectivity index (χ0) is 19.1. The van der Waals surface area contributed by atoms with Crippen molar-refractivity contribution in [3.8, 4) is 5.75 Å². The number of likely N-dealkylation sites (N-methyl/N-ethyl adjacent to an activating group) is 1. The summed E-state index contributed by atoms with van der Waals surface area (Å²) in [5, 5.41) is 2.45. The third-order valence-electron chi connectivity index (χ3n) is 4.09. The highest BCUT2D eigenvalue weighted by Crippen LogP contribution is 2.37. The third-order valence-corrected chi connectivity index (χ3v) is 5.84. The smallest absolute Gasteiger partial charge is 0.266 e. The highest BCUT2D eigenvalue weighted by Gasteiger charge is 2.37. The number of anilines is 1. The van der Waals surface area contributed by atoms with Gasteiger partial charge in [-0.25, -0.2) is 8.42 Å². The molecule has 0 saturated heterocycles. The number of carbonyl (C=O) groups excluding carboxylic acids is 2. The molecule has 3 rings (SSSR count). The Kier molecular flexibility index (Phi) is 4.36. The third kappa shape index (κ3) is 2.88. The number of hydrogen-bond donors (Lipinski definition) is 2. The maximum absolute atomic E-state index is 13.2. The van der Waals surface area contributed by atoms with Gasteiger partial charge in [0.2, 0.25) is 0 Å². The SMILES string of the molecule is CNC(=O)[C@H]1CN(S(=O)(=O)c2cc(C(N)=O)n(C)c2)c2ccccc2O1. The van der Waals surface area contributed by atoms with Gasteiger partial charge >= 0.3 is 0 Å². The van der Waals surface area contributed by atoms with Gasteiger partial charge in [0.05, 0.1) is 12.2 Å². The van der Waals surface area contributed by atoms with E-state index in [4.69, 9.17) is 10.5 Å². The van der Waals surface area contributed by atoms with Gasteiger partial charge in [0, 0.05) is 20.3 Å². The molecule has 1 aliphatic heterocycles. The average molecular weight is 378 g/mol. The predicted octanol–water partition coefficient (Wildman–Crippen LogP) is -0.174. The summed E-state index contributed by atoms with van der Waals surface area (Å²) in [4.78, 5) is 23.4. The van der Waals surface area contributed by atoms with Crippen LogP contribution in [0.4, 0.5) is 5.69 Å². The number of amides is 2. The molecule has 2 heterocycles. The van der Waals surface area contributed by atoms with Gasteiger partial charge in [-0.1, -0.05) is 12.1 Å². The van der Waals surface area contributed by atoms with E-state index in [-0.39, 0.29) is 22.9 Å². The summed E-state index contributed by atoms with van der Waals surface area (Å²) in [6, 6.07) is 7.75. The molecule has 10 heteroatoms. The van der Waals surface area contributed by atoms with Gasteiger partial charge in [0.1, 0.15) is 16.3 Å². The van der Waals surface area contributed by atoms with Crippen molar-refractivity contribution >= 4 is 27.5 Å². The molecule has 1 aromatic heterocycles. The number of aryl methyl sites for hydroxylation is 1. The molecule has 0 saturated carbocycles. The average Bonchev–Trinajstić information content (AvgIpc) is 3.02. The summed E-state index contributed by atoms with van der Waals surface area (Å²) >= 11 is 0. The number of primary amides is 1. The molecule has 2 amide bonds. The van der Waals surface area contributed by atoms with Crippen molar-refractivity contribution in [3.63, 3.8) is 0 Å². The number of fused-ring (bicyclic) bond motifs is 1. The number of nitrogens with one attached hydrogen (secondary N) is 1. The van der Waals surface area contributed by atoms with Crippen LogP contribution in [0.2, 0.25) is 0 Å². The highest BCUT2D eigenvalue weighted by atomic mass is 32.2. The number of hydrogen-bond acceptors (Lipinski definition) is 5.